The molecule has 0 fully saturated rings. The summed E-state index contributed by atoms with van der Waals surface area (Å²) >= 11 is 0. The van der Waals surface area contributed by atoms with Crippen LogP contribution in [0.5, 0.6) is 17.2 Å². The third-order valence-electron chi connectivity index (χ3n) is 3.57. The van der Waals surface area contributed by atoms with E-state index >= 15 is 0 Å². The van der Waals surface area contributed by atoms with E-state index in [0.717, 1.165) is 0 Å². The van der Waals surface area contributed by atoms with Gasteiger partial charge in [0.25, 0.3) is 5.91 Å². The van der Waals surface area contributed by atoms with E-state index in [1.165, 1.54) is 6.92 Å². The number of carbonyl (C=O) groups excluding carboxylic acids is 2. The third-order valence-corrected chi connectivity index (χ3v) is 3.57. The average molecular weight is 327 g/mol. The molecule has 6 heteroatoms. The third kappa shape index (κ3) is 3.03. The van der Waals surface area contributed by atoms with Crippen molar-refractivity contribution in [3.63, 3.8) is 0 Å². The number of ether oxygens (including phenoxy) is 3. The highest BCUT2D eigenvalue weighted by Crippen LogP contribution is 2.37. The molecular formula is C18H17NO5. The largest absolute Gasteiger partial charge is 0.493 e. The molecule has 124 valence electrons. The van der Waals surface area contributed by atoms with Gasteiger partial charge in [-0.05, 0) is 32.0 Å². The first-order chi connectivity index (χ1) is 11.6. The summed E-state index contributed by atoms with van der Waals surface area (Å²) in [7, 11) is 0. The number of Topliss-reactive ketones (excluding diaryl/α,β-unsaturated/α-hetero) is 1. The summed E-state index contributed by atoms with van der Waals surface area (Å²) in [6.07, 6.45) is 0. The van der Waals surface area contributed by atoms with Crippen molar-refractivity contribution in [2.45, 2.75) is 13.8 Å². The Balaban J connectivity index is 1.94. The van der Waals surface area contributed by atoms with Gasteiger partial charge in [0.15, 0.2) is 17.3 Å². The number of amides is 1. The number of fused-ring (bicyclic) bond motifs is 1. The molecule has 0 spiro atoms. The number of hydrogen-bond acceptors (Lipinski definition) is 5. The molecule has 24 heavy (non-hydrogen) atoms. The van der Waals surface area contributed by atoms with Crippen LogP contribution in [0.3, 0.4) is 0 Å². The summed E-state index contributed by atoms with van der Waals surface area (Å²) in [4.78, 5) is 24.5. The summed E-state index contributed by atoms with van der Waals surface area (Å²) in [5.41, 5.74) is 1.14. The number of benzene rings is 2. The molecule has 1 aliphatic rings. The molecule has 1 aliphatic heterocycles. The number of para-hydroxylation sites is 1. The second-order valence-corrected chi connectivity index (χ2v) is 5.19. The highest BCUT2D eigenvalue weighted by atomic mass is 16.7. The van der Waals surface area contributed by atoms with Crippen molar-refractivity contribution in [3.05, 3.63) is 47.5 Å². The fourth-order valence-electron chi connectivity index (χ4n) is 2.46. The minimum absolute atomic E-state index is 0.0945. The van der Waals surface area contributed by atoms with E-state index in [2.05, 4.69) is 5.32 Å². The lowest BCUT2D eigenvalue weighted by Crippen LogP contribution is -2.15. The maximum absolute atomic E-state index is 12.6. The van der Waals surface area contributed by atoms with E-state index in [-0.39, 0.29) is 18.5 Å². The lowest BCUT2D eigenvalue weighted by molar-refractivity contribution is 0.101. The molecule has 0 aromatic heterocycles. The predicted octanol–water partition coefficient (Wildman–Crippen LogP) is 3.27. The molecule has 2 aromatic carbocycles. The monoisotopic (exact) mass is 327 g/mol. The number of nitrogens with one attached hydrogen (secondary N) is 1. The highest BCUT2D eigenvalue weighted by Gasteiger charge is 2.21. The van der Waals surface area contributed by atoms with Gasteiger partial charge in [0.05, 0.1) is 17.9 Å². The zero-order valence-electron chi connectivity index (χ0n) is 13.4. The summed E-state index contributed by atoms with van der Waals surface area (Å²) in [6.45, 7) is 3.83. The standard InChI is InChI=1S/C18H17NO5/c1-3-22-15-7-5-4-6-12(15)18(21)19-14-9-17-16(23-10-24-17)8-13(14)11(2)20/h4-9H,3,10H2,1-2H3,(H,19,21). The molecule has 0 aliphatic carbocycles. The quantitative estimate of drug-likeness (QED) is 0.853. The van der Waals surface area contributed by atoms with Gasteiger partial charge in [-0.3, -0.25) is 9.59 Å². The maximum atomic E-state index is 12.6. The summed E-state index contributed by atoms with van der Waals surface area (Å²) in [6, 6.07) is 10.1. The van der Waals surface area contributed by atoms with Gasteiger partial charge >= 0.3 is 0 Å². The van der Waals surface area contributed by atoms with Crippen LogP contribution in [0.2, 0.25) is 0 Å². The Morgan fingerprint density at radius 1 is 1.12 bits per heavy atom. The molecule has 6 nitrogen and oxygen atoms in total. The second-order valence-electron chi connectivity index (χ2n) is 5.19. The number of carbonyl (C=O) groups is 2. The van der Waals surface area contributed by atoms with Crippen LogP contribution in [-0.2, 0) is 0 Å². The Morgan fingerprint density at radius 3 is 2.54 bits per heavy atom. The predicted molar refractivity (Wildman–Crippen MR) is 88.1 cm³/mol. The normalized spacial score (nSPS) is 11.9. The molecule has 1 heterocycles. The summed E-state index contributed by atoms with van der Waals surface area (Å²) in [5.74, 6) is 0.936. The molecule has 1 amide bonds. The van der Waals surface area contributed by atoms with Crippen LogP contribution in [0.1, 0.15) is 34.6 Å². The first kappa shape index (κ1) is 15.9. The van der Waals surface area contributed by atoms with Gasteiger partial charge in [-0.1, -0.05) is 12.1 Å². The molecular weight excluding hydrogens is 310 g/mol. The Kier molecular flexibility index (Phi) is 4.37. The summed E-state index contributed by atoms with van der Waals surface area (Å²) in [5, 5.41) is 2.76. The van der Waals surface area contributed by atoms with Crippen LogP contribution in [0.25, 0.3) is 0 Å². The Morgan fingerprint density at radius 2 is 1.83 bits per heavy atom. The second kappa shape index (κ2) is 6.62. The van der Waals surface area contributed by atoms with Crippen LogP contribution >= 0.6 is 0 Å². The number of hydrogen-bond donors (Lipinski definition) is 1. The van der Waals surface area contributed by atoms with Gasteiger partial charge in [-0.15, -0.1) is 0 Å². The van der Waals surface area contributed by atoms with Crippen molar-refractivity contribution >= 4 is 17.4 Å². The molecule has 0 saturated carbocycles. The van der Waals surface area contributed by atoms with E-state index < -0.39 is 0 Å². The van der Waals surface area contributed by atoms with E-state index in [0.29, 0.717) is 40.7 Å². The van der Waals surface area contributed by atoms with Gasteiger partial charge in [-0.25, -0.2) is 0 Å². The SMILES string of the molecule is CCOc1ccccc1C(=O)Nc1cc2c(cc1C(C)=O)OCO2. The lowest BCUT2D eigenvalue weighted by Gasteiger charge is -2.13. The molecule has 0 bridgehead atoms. The van der Waals surface area contributed by atoms with Gasteiger partial charge in [0.2, 0.25) is 6.79 Å². The first-order valence-corrected chi connectivity index (χ1v) is 7.58. The molecule has 3 rings (SSSR count). The van der Waals surface area contributed by atoms with E-state index in [1.54, 1.807) is 36.4 Å². The van der Waals surface area contributed by atoms with Crippen LogP contribution in [0.15, 0.2) is 36.4 Å². The summed E-state index contributed by atoms with van der Waals surface area (Å²) < 4.78 is 16.1. The lowest BCUT2D eigenvalue weighted by atomic mass is 10.1. The van der Waals surface area contributed by atoms with Gasteiger partial charge in [0.1, 0.15) is 5.75 Å². The molecule has 2 aromatic rings. The van der Waals surface area contributed by atoms with E-state index in [1.807, 2.05) is 6.92 Å². The molecule has 1 N–H and O–H groups in total. The Labute approximate surface area is 139 Å². The fraction of sp³-hybridized carbons (Fsp3) is 0.222. The smallest absolute Gasteiger partial charge is 0.259 e. The van der Waals surface area contributed by atoms with Crippen LogP contribution in [0.4, 0.5) is 5.69 Å². The van der Waals surface area contributed by atoms with E-state index in [4.69, 9.17) is 14.2 Å². The van der Waals surface area contributed by atoms with Gasteiger partial charge in [-0.2, -0.15) is 0 Å². The van der Waals surface area contributed by atoms with Crippen molar-refractivity contribution in [1.82, 2.24) is 0 Å². The number of ketones is 1. The van der Waals surface area contributed by atoms with Crippen molar-refractivity contribution in [3.8, 4) is 17.2 Å². The Hall–Kier alpha value is -3.02. The molecule has 0 saturated heterocycles. The zero-order valence-corrected chi connectivity index (χ0v) is 13.4. The van der Waals surface area contributed by atoms with Crippen molar-refractivity contribution < 1.29 is 23.8 Å². The Bertz CT molecular complexity index is 800. The van der Waals surface area contributed by atoms with Crippen LogP contribution < -0.4 is 19.5 Å². The first-order valence-electron chi connectivity index (χ1n) is 7.58. The van der Waals surface area contributed by atoms with Gasteiger partial charge in [0, 0.05) is 11.6 Å². The number of rotatable bonds is 5. The average Bonchev–Trinajstić information content (AvgIpc) is 3.02. The topological polar surface area (TPSA) is 73.9 Å². The van der Waals surface area contributed by atoms with Crippen molar-refractivity contribution in [2.24, 2.45) is 0 Å². The van der Waals surface area contributed by atoms with Crippen molar-refractivity contribution in [1.29, 1.82) is 0 Å². The highest BCUT2D eigenvalue weighted by molar-refractivity contribution is 6.10. The molecule has 0 unspecified atom stereocenters. The minimum Gasteiger partial charge on any atom is -0.493 e. The van der Waals surface area contributed by atoms with Crippen LogP contribution in [-0.4, -0.2) is 25.1 Å². The fourth-order valence-corrected chi connectivity index (χ4v) is 2.46. The maximum Gasteiger partial charge on any atom is 0.259 e. The minimum atomic E-state index is -0.361. The van der Waals surface area contributed by atoms with Crippen LogP contribution in [0, 0.1) is 0 Å². The van der Waals surface area contributed by atoms with E-state index in [9.17, 15) is 9.59 Å². The number of anilines is 1. The molecule has 0 radical (unpaired) electrons. The molecule has 0 atom stereocenters. The van der Waals surface area contributed by atoms with Crippen molar-refractivity contribution in [2.75, 3.05) is 18.7 Å². The van der Waals surface area contributed by atoms with Gasteiger partial charge < -0.3 is 19.5 Å². The zero-order chi connectivity index (χ0) is 17.1.